The Morgan fingerprint density at radius 3 is 2.13 bits per heavy atom. The molecule has 0 aromatic carbocycles. The van der Waals surface area contributed by atoms with Gasteiger partial charge in [-0.1, -0.05) is 55.7 Å². The molecular formula is C20H34N2S. The molecule has 3 N–H and O–H groups in total. The average molecular weight is 335 g/mol. The number of rotatable bonds is 6. The fraction of sp³-hybridized carbons (Fsp3) is 0.500. The van der Waals surface area contributed by atoms with Gasteiger partial charge in [-0.05, 0) is 51.7 Å². The van der Waals surface area contributed by atoms with Gasteiger partial charge in [0.05, 0.1) is 6.67 Å². The van der Waals surface area contributed by atoms with Crippen LogP contribution in [0.5, 0.6) is 0 Å². The molecule has 1 fully saturated rings. The Morgan fingerprint density at radius 1 is 1.13 bits per heavy atom. The van der Waals surface area contributed by atoms with Crippen LogP contribution in [0.15, 0.2) is 59.2 Å². The van der Waals surface area contributed by atoms with E-state index in [2.05, 4.69) is 37.2 Å². The maximum atomic E-state index is 5.53. The zero-order valence-electron chi connectivity index (χ0n) is 15.1. The summed E-state index contributed by atoms with van der Waals surface area (Å²) in [4.78, 5) is 0.949. The Balaban J connectivity index is 0.000000468. The van der Waals surface area contributed by atoms with Crippen LogP contribution in [0.3, 0.4) is 0 Å². The number of nitrogens with two attached hydrogens (primary N) is 1. The molecular weight excluding hydrogens is 300 g/mol. The minimum atomic E-state index is 0.523. The second-order valence-corrected chi connectivity index (χ2v) is 6.59. The third-order valence-electron chi connectivity index (χ3n) is 3.48. The van der Waals surface area contributed by atoms with Crippen molar-refractivity contribution in [2.75, 3.05) is 6.67 Å². The van der Waals surface area contributed by atoms with E-state index in [0.717, 1.165) is 16.1 Å². The lowest BCUT2D eigenvalue weighted by Crippen LogP contribution is -2.27. The van der Waals surface area contributed by atoms with Crippen LogP contribution < -0.4 is 11.1 Å². The van der Waals surface area contributed by atoms with Crippen LogP contribution in [-0.4, -0.2) is 6.67 Å². The van der Waals surface area contributed by atoms with E-state index >= 15 is 0 Å². The maximum Gasteiger partial charge on any atom is 0.0625 e. The molecule has 0 unspecified atom stereocenters. The van der Waals surface area contributed by atoms with Crippen molar-refractivity contribution in [3.63, 3.8) is 0 Å². The van der Waals surface area contributed by atoms with E-state index in [-0.39, 0.29) is 0 Å². The molecule has 130 valence electrons. The van der Waals surface area contributed by atoms with Crippen molar-refractivity contribution in [1.29, 1.82) is 0 Å². The summed E-state index contributed by atoms with van der Waals surface area (Å²) >= 11 is 4.16. The normalized spacial score (nSPS) is 16.7. The Kier molecular flexibility index (Phi) is 12.6. The SMILES string of the molecule is C=C(C)/C=C(S)\C=C/C.C=C(C)/C=C(\NCN)C1CCCCC1. The van der Waals surface area contributed by atoms with Crippen LogP contribution in [0.25, 0.3) is 0 Å². The summed E-state index contributed by atoms with van der Waals surface area (Å²) in [5.74, 6) is 0.684. The predicted molar refractivity (Wildman–Crippen MR) is 108 cm³/mol. The molecule has 0 aromatic heterocycles. The van der Waals surface area contributed by atoms with Gasteiger partial charge in [0, 0.05) is 10.6 Å². The van der Waals surface area contributed by atoms with E-state index in [1.165, 1.54) is 37.8 Å². The van der Waals surface area contributed by atoms with Gasteiger partial charge in [-0.15, -0.1) is 12.6 Å². The van der Waals surface area contributed by atoms with Gasteiger partial charge in [0.15, 0.2) is 0 Å². The highest BCUT2D eigenvalue weighted by Crippen LogP contribution is 2.28. The van der Waals surface area contributed by atoms with Crippen molar-refractivity contribution in [2.45, 2.75) is 52.9 Å². The van der Waals surface area contributed by atoms with E-state index in [4.69, 9.17) is 5.73 Å². The summed E-state index contributed by atoms with van der Waals surface area (Å²) in [7, 11) is 0. The Morgan fingerprint density at radius 2 is 1.70 bits per heavy atom. The van der Waals surface area contributed by atoms with E-state index in [0.29, 0.717) is 12.6 Å². The molecule has 0 saturated heterocycles. The molecule has 0 spiro atoms. The van der Waals surface area contributed by atoms with Crippen LogP contribution in [0, 0.1) is 5.92 Å². The van der Waals surface area contributed by atoms with E-state index < -0.39 is 0 Å². The zero-order chi connectivity index (χ0) is 17.7. The molecule has 23 heavy (non-hydrogen) atoms. The fourth-order valence-corrected chi connectivity index (χ4v) is 2.95. The first-order chi connectivity index (χ1) is 10.9. The second kappa shape index (κ2) is 13.3. The summed E-state index contributed by atoms with van der Waals surface area (Å²) in [6.07, 6.45) is 14.6. The first-order valence-electron chi connectivity index (χ1n) is 8.40. The lowest BCUT2D eigenvalue weighted by atomic mass is 9.86. The lowest BCUT2D eigenvalue weighted by Gasteiger charge is -2.25. The second-order valence-electron chi connectivity index (χ2n) is 6.08. The van der Waals surface area contributed by atoms with Gasteiger partial charge in [0.1, 0.15) is 0 Å². The quantitative estimate of drug-likeness (QED) is 0.341. The molecule has 0 radical (unpaired) electrons. The Bertz CT molecular complexity index is 452. The standard InChI is InChI=1S/C12H22N2.C8H12S/c1-10(2)8-12(14-9-13)11-6-4-3-5-7-11;1-4-5-8(9)6-7(2)3/h8,11,14H,1,3-7,9,13H2,2H3;4-6,9H,2H2,1,3H3/b12-8-;5-4-,8-6+. The van der Waals surface area contributed by atoms with Gasteiger partial charge in [-0.3, -0.25) is 0 Å². The number of nitrogens with one attached hydrogen (secondary N) is 1. The van der Waals surface area contributed by atoms with Crippen LogP contribution in [0.4, 0.5) is 0 Å². The smallest absolute Gasteiger partial charge is 0.0625 e. The summed E-state index contributed by atoms with van der Waals surface area (Å²) in [5.41, 5.74) is 8.95. The van der Waals surface area contributed by atoms with Gasteiger partial charge in [0.2, 0.25) is 0 Å². The molecule has 1 aliphatic carbocycles. The van der Waals surface area contributed by atoms with Crippen LogP contribution in [0.2, 0.25) is 0 Å². The van der Waals surface area contributed by atoms with E-state index in [1.807, 2.05) is 39.0 Å². The summed E-state index contributed by atoms with van der Waals surface area (Å²) in [6, 6.07) is 0. The summed E-state index contributed by atoms with van der Waals surface area (Å²) in [6.45, 7) is 14.1. The first kappa shape index (κ1) is 21.8. The highest BCUT2D eigenvalue weighted by atomic mass is 32.1. The van der Waals surface area contributed by atoms with Gasteiger partial charge in [-0.25, -0.2) is 0 Å². The predicted octanol–water partition coefficient (Wildman–Crippen LogP) is 5.48. The van der Waals surface area contributed by atoms with Crippen LogP contribution >= 0.6 is 12.6 Å². The molecule has 1 saturated carbocycles. The van der Waals surface area contributed by atoms with Gasteiger partial charge in [0.25, 0.3) is 0 Å². The number of hydrogen-bond donors (Lipinski definition) is 3. The van der Waals surface area contributed by atoms with E-state index in [1.54, 1.807) is 0 Å². The van der Waals surface area contributed by atoms with Crippen molar-refractivity contribution in [3.8, 4) is 0 Å². The minimum Gasteiger partial charge on any atom is -0.376 e. The van der Waals surface area contributed by atoms with Gasteiger partial charge >= 0.3 is 0 Å². The van der Waals surface area contributed by atoms with Crippen molar-refractivity contribution < 1.29 is 0 Å². The lowest BCUT2D eigenvalue weighted by molar-refractivity contribution is 0.386. The first-order valence-corrected chi connectivity index (χ1v) is 8.85. The maximum absolute atomic E-state index is 5.53. The molecule has 0 atom stereocenters. The summed E-state index contributed by atoms with van der Waals surface area (Å²) in [5, 5.41) is 3.26. The molecule has 0 aromatic rings. The molecule has 1 rings (SSSR count). The Hall–Kier alpha value is -1.19. The molecule has 1 aliphatic rings. The average Bonchev–Trinajstić information content (AvgIpc) is 2.47. The topological polar surface area (TPSA) is 38.0 Å². The molecule has 0 aliphatic heterocycles. The van der Waals surface area contributed by atoms with Crippen molar-refractivity contribution in [3.05, 3.63) is 59.2 Å². The number of thiol groups is 1. The van der Waals surface area contributed by atoms with Gasteiger partial charge in [-0.2, -0.15) is 0 Å². The van der Waals surface area contributed by atoms with Crippen LogP contribution in [-0.2, 0) is 0 Å². The molecule has 0 amide bonds. The van der Waals surface area contributed by atoms with Crippen LogP contribution in [0.1, 0.15) is 52.9 Å². The monoisotopic (exact) mass is 334 g/mol. The minimum absolute atomic E-state index is 0.523. The molecule has 0 heterocycles. The molecule has 2 nitrogen and oxygen atoms in total. The highest BCUT2D eigenvalue weighted by molar-refractivity contribution is 7.84. The Labute approximate surface area is 148 Å². The largest absolute Gasteiger partial charge is 0.376 e. The number of allylic oxidation sites excluding steroid dienone is 7. The third-order valence-corrected chi connectivity index (χ3v) is 3.76. The van der Waals surface area contributed by atoms with Gasteiger partial charge < -0.3 is 11.1 Å². The third kappa shape index (κ3) is 12.0. The molecule has 0 bridgehead atoms. The summed E-state index contributed by atoms with van der Waals surface area (Å²) < 4.78 is 0. The highest BCUT2D eigenvalue weighted by Gasteiger charge is 2.16. The van der Waals surface area contributed by atoms with Crippen molar-refractivity contribution in [2.24, 2.45) is 11.7 Å². The fourth-order valence-electron chi connectivity index (χ4n) is 2.58. The van der Waals surface area contributed by atoms with Crippen molar-refractivity contribution in [1.82, 2.24) is 5.32 Å². The molecule has 3 heteroatoms. The van der Waals surface area contributed by atoms with E-state index in [9.17, 15) is 0 Å². The zero-order valence-corrected chi connectivity index (χ0v) is 16.0. The van der Waals surface area contributed by atoms with Crippen molar-refractivity contribution >= 4 is 12.6 Å². The number of hydrogen-bond acceptors (Lipinski definition) is 3.